The minimum Gasteiger partial charge on any atom is -0.543 e. The van der Waals surface area contributed by atoms with Gasteiger partial charge in [-0.05, 0) is 24.6 Å². The third-order valence-corrected chi connectivity index (χ3v) is 10.1. The Hall–Kier alpha value is -6.55. The largest absolute Gasteiger partial charge is 0.543 e. The number of nitrogens with zero attached hydrogens (tertiary/aromatic N) is 5. The molecule has 2 aromatic rings. The predicted octanol–water partition coefficient (Wildman–Crippen LogP) is -3.09. The van der Waals surface area contributed by atoms with Crippen LogP contribution in [0.3, 0.4) is 0 Å². The number of benzene rings is 1. The number of nitrogens with one attached hydrogen (secondary N) is 2. The third-order valence-electron chi connectivity index (χ3n) is 8.80. The molecule has 290 valence electrons. The first-order valence-electron chi connectivity index (χ1n) is 16.5. The van der Waals surface area contributed by atoms with E-state index in [4.69, 9.17) is 21.4 Å². The Balaban J connectivity index is 1.35. The summed E-state index contributed by atoms with van der Waals surface area (Å²) in [5.74, 6) is -1.32. The molecule has 1 aromatic carbocycles. The summed E-state index contributed by atoms with van der Waals surface area (Å²) in [5.41, 5.74) is 5.57. The van der Waals surface area contributed by atoms with Crippen molar-refractivity contribution >= 4 is 71.0 Å². The molecule has 0 radical (unpaired) electrons. The average Bonchev–Trinajstić information content (AvgIpc) is 3.16. The topological polar surface area (TPSA) is 299 Å². The number of ether oxygens (including phenoxy) is 1. The second kappa shape index (κ2) is 16.6. The molecule has 21 nitrogen and oxygen atoms in total. The van der Waals surface area contributed by atoms with Crippen molar-refractivity contribution in [3.05, 3.63) is 71.2 Å². The van der Waals surface area contributed by atoms with Crippen molar-refractivity contribution in [2.24, 2.45) is 11.6 Å². The third kappa shape index (κ3) is 8.49. The maximum absolute atomic E-state index is 13.9. The Morgan fingerprint density at radius 2 is 1.73 bits per heavy atom. The second-order valence-corrected chi connectivity index (χ2v) is 13.3. The van der Waals surface area contributed by atoms with Crippen LogP contribution in [-0.4, -0.2) is 117 Å². The van der Waals surface area contributed by atoms with Crippen molar-refractivity contribution < 1.29 is 62.7 Å². The summed E-state index contributed by atoms with van der Waals surface area (Å²) in [5, 5.41) is 25.7. The number of carboxylic acids is 2. The van der Waals surface area contributed by atoms with Gasteiger partial charge >= 0.3 is 29.9 Å². The number of hydrogen-bond donors (Lipinski definition) is 5. The monoisotopic (exact) mass is 781 g/mol. The summed E-state index contributed by atoms with van der Waals surface area (Å²) in [7, 11) is 0. The van der Waals surface area contributed by atoms with Crippen LogP contribution >= 0.6 is 11.8 Å². The number of pyridine rings is 1. The lowest BCUT2D eigenvalue weighted by Crippen LogP contribution is -2.72. The molecule has 7 N–H and O–H groups in total. The van der Waals surface area contributed by atoms with E-state index in [0.717, 1.165) is 16.7 Å². The van der Waals surface area contributed by atoms with Crippen molar-refractivity contribution in [2.45, 2.75) is 37.3 Å². The molecule has 0 spiro atoms. The van der Waals surface area contributed by atoms with E-state index in [1.807, 2.05) is 0 Å². The lowest BCUT2D eigenvalue weighted by Gasteiger charge is -2.50. The molecule has 8 amide bonds. The van der Waals surface area contributed by atoms with Gasteiger partial charge in [-0.25, -0.2) is 25.0 Å². The van der Waals surface area contributed by atoms with Crippen LogP contribution in [-0.2, 0) is 40.0 Å². The van der Waals surface area contributed by atoms with Gasteiger partial charge in [-0.3, -0.25) is 38.6 Å². The molecule has 22 heteroatoms. The smallest absolute Gasteiger partial charge is 0.428 e. The number of nitrogens with two attached hydrogens (primary N) is 2. The number of anilines is 1. The number of aliphatic carboxylic acids is 2. The number of carbonyl (C=O) groups excluding carboxylic acids is 8. The number of carboxylic acid groups (broad SMARTS) is 2. The molecule has 55 heavy (non-hydrogen) atoms. The van der Waals surface area contributed by atoms with Crippen LogP contribution < -0.4 is 36.9 Å². The molecule has 4 heterocycles. The fourth-order valence-electron chi connectivity index (χ4n) is 5.88. The Labute approximate surface area is 315 Å². The number of carbonyl (C=O) groups is 9. The SMILES string of the molecule is CCN1CCN(C(=O)N[C@@H](C(=O)N[C@@H]2C(=O)N3C(C(=O)[O-])=C(C[n+]4ccc(C(N)=O)cc4)CS[C@@H]23)c2ccc(N(N)C(=O)OCCC(=O)O)cc2)C(=O)C1=O. The molecule has 3 atom stereocenters. The summed E-state index contributed by atoms with van der Waals surface area (Å²) >= 11 is 1.16. The number of primary amides is 1. The molecule has 2 saturated heterocycles. The quantitative estimate of drug-likeness (QED) is 0.0336. The summed E-state index contributed by atoms with van der Waals surface area (Å²) in [6.45, 7) is 1.34. The first-order chi connectivity index (χ1) is 26.1. The van der Waals surface area contributed by atoms with Gasteiger partial charge in [-0.15, -0.1) is 11.8 Å². The number of amides is 8. The Kier molecular flexibility index (Phi) is 12.0. The summed E-state index contributed by atoms with van der Waals surface area (Å²) in [6.07, 6.45) is 1.49. The van der Waals surface area contributed by atoms with Crippen LogP contribution in [0.5, 0.6) is 0 Å². The molecule has 0 bridgehead atoms. The van der Waals surface area contributed by atoms with Gasteiger partial charge in [0, 0.05) is 43.1 Å². The molecule has 0 aliphatic carbocycles. The maximum atomic E-state index is 13.9. The van der Waals surface area contributed by atoms with Gasteiger partial charge in [0.25, 0.3) is 5.91 Å². The van der Waals surface area contributed by atoms with Crippen LogP contribution in [0.2, 0.25) is 0 Å². The van der Waals surface area contributed by atoms with Crippen LogP contribution in [0.15, 0.2) is 60.1 Å². The number of likely N-dealkylation sites (N-methyl/N-ethyl adjacent to an activating group) is 1. The van der Waals surface area contributed by atoms with Gasteiger partial charge < -0.3 is 41.0 Å². The number of piperazine rings is 1. The fourth-order valence-corrected chi connectivity index (χ4v) is 7.21. The number of aromatic nitrogens is 1. The van der Waals surface area contributed by atoms with Gasteiger partial charge in [0.15, 0.2) is 18.9 Å². The van der Waals surface area contributed by atoms with Crippen LogP contribution in [0, 0.1) is 0 Å². The van der Waals surface area contributed by atoms with Crippen molar-refractivity contribution in [1.29, 1.82) is 0 Å². The summed E-state index contributed by atoms with van der Waals surface area (Å²) in [4.78, 5) is 116. The number of hydrogen-bond acceptors (Lipinski definition) is 13. The molecule has 0 saturated carbocycles. The van der Waals surface area contributed by atoms with Crippen molar-refractivity contribution in [2.75, 3.05) is 37.0 Å². The Morgan fingerprint density at radius 1 is 1.05 bits per heavy atom. The first kappa shape index (κ1) is 39.7. The van der Waals surface area contributed by atoms with E-state index in [1.165, 1.54) is 53.7 Å². The summed E-state index contributed by atoms with van der Waals surface area (Å²) in [6, 6.07) is 4.10. The van der Waals surface area contributed by atoms with Crippen LogP contribution in [0.25, 0.3) is 0 Å². The molecule has 0 unspecified atom stereocenters. The molecule has 1 aromatic heterocycles. The zero-order valence-corrected chi connectivity index (χ0v) is 29.9. The second-order valence-electron chi connectivity index (χ2n) is 12.2. The Bertz CT molecular complexity index is 1970. The highest BCUT2D eigenvalue weighted by Gasteiger charge is 2.53. The minimum absolute atomic E-state index is 0.0288. The number of thioether (sulfide) groups is 1. The van der Waals surface area contributed by atoms with E-state index in [9.17, 15) is 48.3 Å². The lowest BCUT2D eigenvalue weighted by atomic mass is 10.0. The van der Waals surface area contributed by atoms with Gasteiger partial charge in [0.1, 0.15) is 24.1 Å². The number of imide groups is 1. The summed E-state index contributed by atoms with van der Waals surface area (Å²) < 4.78 is 6.40. The number of hydrazine groups is 1. The van der Waals surface area contributed by atoms with Crippen LogP contribution in [0.4, 0.5) is 15.3 Å². The normalized spacial score (nSPS) is 18.5. The van der Waals surface area contributed by atoms with Crippen molar-refractivity contribution in [3.8, 4) is 0 Å². The van der Waals surface area contributed by atoms with E-state index in [2.05, 4.69) is 10.6 Å². The molecule has 3 aliphatic rings. The highest BCUT2D eigenvalue weighted by atomic mass is 32.2. The van der Waals surface area contributed by atoms with Crippen molar-refractivity contribution in [1.82, 2.24) is 25.3 Å². The highest BCUT2D eigenvalue weighted by Crippen LogP contribution is 2.40. The van der Waals surface area contributed by atoms with E-state index in [0.29, 0.717) is 15.5 Å². The van der Waals surface area contributed by atoms with Gasteiger partial charge in [0.05, 0.1) is 29.3 Å². The zero-order valence-electron chi connectivity index (χ0n) is 29.0. The molecule has 2 fully saturated rings. The number of rotatable bonds is 13. The van der Waals surface area contributed by atoms with E-state index in [-0.39, 0.29) is 54.4 Å². The first-order valence-corrected chi connectivity index (χ1v) is 17.6. The Morgan fingerprint density at radius 3 is 2.33 bits per heavy atom. The van der Waals surface area contributed by atoms with Crippen LogP contribution in [0.1, 0.15) is 35.3 Å². The van der Waals surface area contributed by atoms with Gasteiger partial charge in [-0.2, -0.15) is 0 Å². The lowest BCUT2D eigenvalue weighted by molar-refractivity contribution is -0.689. The molecular formula is C33H35N9O12S. The number of β-lactam (4-membered cyclic amide) rings is 1. The number of fused-ring (bicyclic) bond motifs is 1. The van der Waals surface area contributed by atoms with E-state index < -0.39 is 84.1 Å². The molecule has 5 rings (SSSR count). The standard InChI is InChI=1S/C33H35N9O12S/c1-2-39-12-13-40(29(49)28(39)48)32(52)37-22(17-3-5-20(6-4-17)42(35)33(53)54-14-9-21(43)44)26(46)36-23-27(47)41-24(31(50)51)19(16-55-30(23)41)15-38-10-7-18(8-11-38)25(34)45/h3-8,10-11,22-23,30H,2,9,12-16,35H2,1H3,(H5-,34,36,37,43,44,45,46,50,51,52)/t22-,23-,30+/m1/s1. The molecular weight excluding hydrogens is 746 g/mol. The maximum Gasteiger partial charge on any atom is 0.428 e. The van der Waals surface area contributed by atoms with Gasteiger partial charge in [0.2, 0.25) is 11.8 Å². The van der Waals surface area contributed by atoms with E-state index in [1.54, 1.807) is 11.5 Å². The van der Waals surface area contributed by atoms with E-state index >= 15 is 0 Å². The fraction of sp³-hybridized carbons (Fsp3) is 0.333. The number of urea groups is 1. The minimum atomic E-state index is -1.62. The highest BCUT2D eigenvalue weighted by molar-refractivity contribution is 8.00. The average molecular weight is 782 g/mol. The zero-order chi connectivity index (χ0) is 40.1. The van der Waals surface area contributed by atoms with Gasteiger partial charge in [-0.1, -0.05) is 12.1 Å². The van der Waals surface area contributed by atoms with Crippen molar-refractivity contribution in [3.63, 3.8) is 0 Å². The predicted molar refractivity (Wildman–Crippen MR) is 184 cm³/mol. The molecule has 3 aliphatic heterocycles.